The van der Waals surface area contributed by atoms with Crippen LogP contribution in [0.1, 0.15) is 6.92 Å². The van der Waals surface area contributed by atoms with E-state index in [9.17, 15) is 5.11 Å². The summed E-state index contributed by atoms with van der Waals surface area (Å²) in [7, 11) is 0. The second-order valence-corrected chi connectivity index (χ2v) is 8.09. The van der Waals surface area contributed by atoms with Gasteiger partial charge in [-0.3, -0.25) is 4.90 Å². The third-order valence-corrected chi connectivity index (χ3v) is 5.83. The summed E-state index contributed by atoms with van der Waals surface area (Å²) in [6, 6.07) is 9.81. The van der Waals surface area contributed by atoms with E-state index < -0.39 is 6.10 Å². The fourth-order valence-corrected chi connectivity index (χ4v) is 4.19. The van der Waals surface area contributed by atoms with Crippen molar-refractivity contribution in [3.05, 3.63) is 36.5 Å². The van der Waals surface area contributed by atoms with Gasteiger partial charge in [-0.2, -0.15) is 0 Å². The molecule has 1 aliphatic heterocycles. The summed E-state index contributed by atoms with van der Waals surface area (Å²) in [6.45, 7) is 6.16. The quantitative estimate of drug-likeness (QED) is 0.396. The number of imidazole rings is 1. The first-order valence-electron chi connectivity index (χ1n) is 11.3. The molecule has 0 bridgehead atoms. The van der Waals surface area contributed by atoms with Gasteiger partial charge < -0.3 is 24.9 Å². The van der Waals surface area contributed by atoms with Gasteiger partial charge in [0.15, 0.2) is 23.1 Å². The van der Waals surface area contributed by atoms with Gasteiger partial charge in [0.1, 0.15) is 23.7 Å². The zero-order valence-corrected chi connectivity index (χ0v) is 18.9. The molecule has 5 rings (SSSR count). The summed E-state index contributed by atoms with van der Waals surface area (Å²) < 4.78 is 18.2. The van der Waals surface area contributed by atoms with Crippen molar-refractivity contribution in [2.45, 2.75) is 19.6 Å². The normalized spacial score (nSPS) is 15.6. The van der Waals surface area contributed by atoms with E-state index in [2.05, 4.69) is 20.2 Å². The zero-order chi connectivity index (χ0) is 23.5. The van der Waals surface area contributed by atoms with Gasteiger partial charge in [-0.15, -0.1) is 0 Å². The fourth-order valence-electron chi connectivity index (χ4n) is 4.19. The first-order valence-corrected chi connectivity index (χ1v) is 11.3. The predicted octanol–water partition coefficient (Wildman–Crippen LogP) is 1.82. The lowest BCUT2D eigenvalue weighted by atomic mass is 10.1. The van der Waals surface area contributed by atoms with Gasteiger partial charge in [0.25, 0.3) is 0 Å². The Balaban J connectivity index is 1.53. The molecule has 1 aromatic carbocycles. The highest BCUT2D eigenvalue weighted by Gasteiger charge is 2.24. The number of rotatable bonds is 8. The van der Waals surface area contributed by atoms with Crippen molar-refractivity contribution in [1.82, 2.24) is 29.7 Å². The van der Waals surface area contributed by atoms with Gasteiger partial charge in [-0.1, -0.05) is 30.3 Å². The molecule has 3 aromatic heterocycles. The van der Waals surface area contributed by atoms with E-state index in [4.69, 9.17) is 24.8 Å². The lowest BCUT2D eigenvalue weighted by molar-refractivity contribution is 0.00474. The average Bonchev–Trinajstić information content (AvgIpc) is 3.46. The number of anilines is 1. The van der Waals surface area contributed by atoms with Gasteiger partial charge in [0.2, 0.25) is 0 Å². The van der Waals surface area contributed by atoms with Crippen LogP contribution in [0.5, 0.6) is 5.75 Å². The molecule has 1 saturated heterocycles. The van der Waals surface area contributed by atoms with E-state index in [0.29, 0.717) is 54.8 Å². The van der Waals surface area contributed by atoms with Crippen LogP contribution in [0.4, 0.5) is 5.82 Å². The number of hydrogen-bond donors (Lipinski definition) is 2. The monoisotopic (exact) mass is 465 g/mol. The summed E-state index contributed by atoms with van der Waals surface area (Å²) in [5.41, 5.74) is 9.35. The lowest BCUT2D eigenvalue weighted by Crippen LogP contribution is -2.42. The molecule has 4 aromatic rings. The molecule has 178 valence electrons. The third-order valence-electron chi connectivity index (χ3n) is 5.83. The van der Waals surface area contributed by atoms with Crippen LogP contribution >= 0.6 is 0 Å². The fraction of sp³-hybridized carbons (Fsp3) is 0.391. The Kier molecular flexibility index (Phi) is 6.39. The number of pyridine rings is 1. The molecule has 0 radical (unpaired) electrons. The van der Waals surface area contributed by atoms with E-state index in [1.54, 1.807) is 6.20 Å². The maximum atomic E-state index is 10.6. The second-order valence-electron chi connectivity index (χ2n) is 8.09. The van der Waals surface area contributed by atoms with E-state index in [1.165, 1.54) is 0 Å². The summed E-state index contributed by atoms with van der Waals surface area (Å²) in [4.78, 5) is 11.7. The molecule has 3 N–H and O–H groups in total. The van der Waals surface area contributed by atoms with Crippen LogP contribution in [-0.2, 0) is 11.3 Å². The van der Waals surface area contributed by atoms with Gasteiger partial charge in [0, 0.05) is 31.7 Å². The molecular formula is C23H27N7O4. The SMILES string of the molecule is CCn1c(-c2nonc2N)nc2c(-c3ccccc3)ncc(OCC(O)CN3CCOCC3)c21. The predicted molar refractivity (Wildman–Crippen MR) is 125 cm³/mol. The first-order chi connectivity index (χ1) is 16.7. The number of aryl methyl sites for hydroxylation is 1. The number of nitrogens with two attached hydrogens (primary N) is 1. The number of β-amino-alcohol motifs (C(OH)–C–C–N with tert-alkyl or cyclic N) is 1. The van der Waals surface area contributed by atoms with Crippen molar-refractivity contribution < 1.29 is 19.2 Å². The average molecular weight is 466 g/mol. The number of aliphatic hydroxyl groups excluding tert-OH is 1. The number of benzene rings is 1. The molecule has 0 saturated carbocycles. The molecule has 1 unspecified atom stereocenters. The standard InChI is InChI=1S/C23H27N7O4/c1-2-30-21-17(33-14-16(31)13-29-8-10-32-11-9-29)12-25-18(15-6-4-3-5-7-15)19(21)26-23(30)20-22(24)28-34-27-20/h3-7,12,16,31H,2,8-11,13-14H2,1H3,(H2,24,28). The number of ether oxygens (including phenoxy) is 2. The maximum Gasteiger partial charge on any atom is 0.199 e. The minimum atomic E-state index is -0.658. The number of aliphatic hydroxyl groups is 1. The molecule has 11 nitrogen and oxygen atoms in total. The van der Waals surface area contributed by atoms with Crippen molar-refractivity contribution >= 4 is 16.9 Å². The Morgan fingerprint density at radius 3 is 2.65 bits per heavy atom. The van der Waals surface area contributed by atoms with E-state index >= 15 is 0 Å². The Labute approximate surface area is 196 Å². The molecule has 1 atom stereocenters. The number of nitrogen functional groups attached to an aromatic ring is 1. The lowest BCUT2D eigenvalue weighted by Gasteiger charge is -2.28. The number of aromatic nitrogens is 5. The molecule has 11 heteroatoms. The summed E-state index contributed by atoms with van der Waals surface area (Å²) >= 11 is 0. The molecule has 0 aliphatic carbocycles. The summed E-state index contributed by atoms with van der Waals surface area (Å²) in [6.07, 6.45) is 1.02. The number of hydrogen-bond acceptors (Lipinski definition) is 10. The molecule has 1 aliphatic rings. The Hall–Kier alpha value is -3.54. The van der Waals surface area contributed by atoms with Crippen LogP contribution < -0.4 is 10.5 Å². The highest BCUT2D eigenvalue weighted by molar-refractivity contribution is 5.95. The molecule has 0 amide bonds. The Morgan fingerprint density at radius 1 is 1.15 bits per heavy atom. The van der Waals surface area contributed by atoms with Crippen LogP contribution in [0.2, 0.25) is 0 Å². The molecule has 4 heterocycles. The van der Waals surface area contributed by atoms with Crippen LogP contribution in [0, 0.1) is 0 Å². The van der Waals surface area contributed by atoms with E-state index in [0.717, 1.165) is 24.2 Å². The molecule has 1 fully saturated rings. The smallest absolute Gasteiger partial charge is 0.199 e. The van der Waals surface area contributed by atoms with Crippen molar-refractivity contribution in [2.75, 3.05) is 45.2 Å². The minimum Gasteiger partial charge on any atom is -0.487 e. The van der Waals surface area contributed by atoms with Crippen molar-refractivity contribution in [1.29, 1.82) is 0 Å². The minimum absolute atomic E-state index is 0.122. The van der Waals surface area contributed by atoms with Crippen LogP contribution in [0.25, 0.3) is 33.8 Å². The van der Waals surface area contributed by atoms with Gasteiger partial charge >= 0.3 is 0 Å². The van der Waals surface area contributed by atoms with Gasteiger partial charge in [-0.05, 0) is 17.2 Å². The second kappa shape index (κ2) is 9.75. The highest BCUT2D eigenvalue weighted by atomic mass is 16.6. The van der Waals surface area contributed by atoms with E-state index in [1.807, 2.05) is 41.8 Å². The van der Waals surface area contributed by atoms with Crippen molar-refractivity contribution in [3.8, 4) is 28.5 Å². The third kappa shape index (κ3) is 4.32. The van der Waals surface area contributed by atoms with Gasteiger partial charge in [-0.25, -0.2) is 14.6 Å². The summed E-state index contributed by atoms with van der Waals surface area (Å²) in [5, 5.41) is 18.2. The largest absolute Gasteiger partial charge is 0.487 e. The van der Waals surface area contributed by atoms with E-state index in [-0.39, 0.29) is 12.4 Å². The van der Waals surface area contributed by atoms with Crippen molar-refractivity contribution in [3.63, 3.8) is 0 Å². The van der Waals surface area contributed by atoms with Crippen LogP contribution in [-0.4, -0.2) is 80.4 Å². The molecule has 34 heavy (non-hydrogen) atoms. The zero-order valence-electron chi connectivity index (χ0n) is 18.9. The molecule has 0 spiro atoms. The van der Waals surface area contributed by atoms with Crippen LogP contribution in [0.15, 0.2) is 41.2 Å². The molecular weight excluding hydrogens is 438 g/mol. The first kappa shape index (κ1) is 22.3. The number of fused-ring (bicyclic) bond motifs is 1. The Morgan fingerprint density at radius 2 is 1.94 bits per heavy atom. The number of morpholine rings is 1. The highest BCUT2D eigenvalue weighted by Crippen LogP contribution is 2.36. The number of nitrogens with zero attached hydrogens (tertiary/aromatic N) is 6. The van der Waals surface area contributed by atoms with Crippen LogP contribution in [0.3, 0.4) is 0 Å². The maximum absolute atomic E-state index is 10.6. The Bertz CT molecular complexity index is 1250. The van der Waals surface area contributed by atoms with Crippen molar-refractivity contribution in [2.24, 2.45) is 0 Å². The topological polar surface area (TPSA) is 138 Å². The summed E-state index contributed by atoms with van der Waals surface area (Å²) in [5.74, 6) is 1.19. The van der Waals surface area contributed by atoms with Gasteiger partial charge in [0.05, 0.1) is 25.1 Å².